The van der Waals surface area contributed by atoms with Crippen molar-refractivity contribution in [2.45, 2.75) is 32.7 Å². The van der Waals surface area contributed by atoms with Gasteiger partial charge >= 0.3 is 0 Å². The summed E-state index contributed by atoms with van der Waals surface area (Å²) in [5.74, 6) is 0.629. The van der Waals surface area contributed by atoms with Crippen molar-refractivity contribution in [1.82, 2.24) is 9.55 Å². The SMILES string of the molecule is CCCc1nc2oc3ccccc3c(=O)c2c(=O)n1C(C)c1ccccc1. The first-order valence-corrected chi connectivity index (χ1v) is 9.13. The lowest BCUT2D eigenvalue weighted by Gasteiger charge is -2.19. The number of aromatic nitrogens is 2. The van der Waals surface area contributed by atoms with Crippen molar-refractivity contribution in [3.8, 4) is 0 Å². The molecule has 0 amide bonds. The molecular weight excluding hydrogens is 340 g/mol. The lowest BCUT2D eigenvalue weighted by molar-refractivity contribution is 0.551. The summed E-state index contributed by atoms with van der Waals surface area (Å²) in [6.45, 7) is 3.98. The highest BCUT2D eigenvalue weighted by molar-refractivity contribution is 5.87. The number of benzene rings is 2. The highest BCUT2D eigenvalue weighted by atomic mass is 16.3. The summed E-state index contributed by atoms with van der Waals surface area (Å²) in [7, 11) is 0. The Kier molecular flexibility index (Phi) is 4.36. The minimum atomic E-state index is -0.348. The summed E-state index contributed by atoms with van der Waals surface area (Å²) in [5, 5.41) is 0.405. The Morgan fingerprint density at radius 2 is 1.74 bits per heavy atom. The Morgan fingerprint density at radius 3 is 2.48 bits per heavy atom. The normalized spacial score (nSPS) is 12.5. The van der Waals surface area contributed by atoms with Crippen LogP contribution in [0.5, 0.6) is 0 Å². The van der Waals surface area contributed by atoms with Crippen LogP contribution >= 0.6 is 0 Å². The number of fused-ring (bicyclic) bond motifs is 2. The van der Waals surface area contributed by atoms with Gasteiger partial charge in [-0.15, -0.1) is 0 Å². The smallest absolute Gasteiger partial charge is 0.269 e. The summed E-state index contributed by atoms with van der Waals surface area (Å²) in [6, 6.07) is 16.5. The molecule has 1 atom stereocenters. The Morgan fingerprint density at radius 1 is 1.04 bits per heavy atom. The fourth-order valence-electron chi connectivity index (χ4n) is 3.49. The van der Waals surface area contributed by atoms with Crippen LogP contribution in [0, 0.1) is 0 Å². The molecular formula is C22H20N2O3. The first-order chi connectivity index (χ1) is 13.1. The van der Waals surface area contributed by atoms with Crippen molar-refractivity contribution >= 4 is 22.1 Å². The molecule has 0 N–H and O–H groups in total. The second-order valence-corrected chi connectivity index (χ2v) is 6.65. The summed E-state index contributed by atoms with van der Waals surface area (Å²) >= 11 is 0. The summed E-state index contributed by atoms with van der Waals surface area (Å²) in [6.07, 6.45) is 1.45. The molecule has 0 saturated heterocycles. The Hall–Kier alpha value is -3.21. The van der Waals surface area contributed by atoms with Crippen LogP contribution in [0.25, 0.3) is 22.1 Å². The monoisotopic (exact) mass is 360 g/mol. The van der Waals surface area contributed by atoms with Crippen LogP contribution in [0.2, 0.25) is 0 Å². The number of para-hydroxylation sites is 1. The highest BCUT2D eigenvalue weighted by Gasteiger charge is 2.21. The molecule has 27 heavy (non-hydrogen) atoms. The second-order valence-electron chi connectivity index (χ2n) is 6.65. The molecule has 5 nitrogen and oxygen atoms in total. The number of nitrogens with zero attached hydrogens (tertiary/aromatic N) is 2. The van der Waals surface area contributed by atoms with Crippen LogP contribution in [-0.4, -0.2) is 9.55 Å². The van der Waals surface area contributed by atoms with Gasteiger partial charge in [0.2, 0.25) is 11.1 Å². The molecule has 4 rings (SSSR count). The van der Waals surface area contributed by atoms with E-state index in [9.17, 15) is 9.59 Å². The van der Waals surface area contributed by atoms with E-state index in [0.29, 0.717) is 23.2 Å². The van der Waals surface area contributed by atoms with Gasteiger partial charge in [0.25, 0.3) is 5.56 Å². The van der Waals surface area contributed by atoms with Gasteiger partial charge in [-0.05, 0) is 31.0 Å². The molecule has 1 unspecified atom stereocenters. The van der Waals surface area contributed by atoms with Gasteiger partial charge in [-0.3, -0.25) is 14.2 Å². The fraction of sp³-hybridized carbons (Fsp3) is 0.227. The molecule has 0 bridgehead atoms. The molecule has 136 valence electrons. The van der Waals surface area contributed by atoms with Crippen LogP contribution in [0.1, 0.15) is 37.7 Å². The molecule has 2 heterocycles. The summed E-state index contributed by atoms with van der Waals surface area (Å²) < 4.78 is 7.44. The van der Waals surface area contributed by atoms with Gasteiger partial charge in [0.05, 0.1) is 11.4 Å². The van der Waals surface area contributed by atoms with Crippen LogP contribution < -0.4 is 11.0 Å². The molecule has 0 spiro atoms. The zero-order valence-corrected chi connectivity index (χ0v) is 15.3. The van der Waals surface area contributed by atoms with Gasteiger partial charge in [-0.25, -0.2) is 0 Å². The number of aryl methyl sites for hydroxylation is 1. The molecule has 0 radical (unpaired) electrons. The Labute approximate surface area is 155 Å². The molecule has 2 aromatic heterocycles. The van der Waals surface area contributed by atoms with E-state index < -0.39 is 0 Å². The second kappa shape index (κ2) is 6.83. The van der Waals surface area contributed by atoms with Gasteiger partial charge in [0.15, 0.2) is 5.39 Å². The van der Waals surface area contributed by atoms with Crippen molar-refractivity contribution in [3.63, 3.8) is 0 Å². The summed E-state index contributed by atoms with van der Waals surface area (Å²) in [4.78, 5) is 30.9. The van der Waals surface area contributed by atoms with E-state index in [0.717, 1.165) is 12.0 Å². The zero-order valence-electron chi connectivity index (χ0n) is 15.3. The van der Waals surface area contributed by atoms with Crippen LogP contribution in [0.15, 0.2) is 68.6 Å². The Bertz CT molecular complexity index is 1240. The zero-order chi connectivity index (χ0) is 19.0. The third-order valence-corrected chi connectivity index (χ3v) is 4.86. The maximum Gasteiger partial charge on any atom is 0.269 e. The topological polar surface area (TPSA) is 65.1 Å². The van der Waals surface area contributed by atoms with E-state index in [1.165, 1.54) is 0 Å². The van der Waals surface area contributed by atoms with E-state index >= 15 is 0 Å². The molecule has 0 aliphatic rings. The average molecular weight is 360 g/mol. The predicted molar refractivity (Wildman–Crippen MR) is 106 cm³/mol. The van der Waals surface area contributed by atoms with Crippen molar-refractivity contribution in [2.24, 2.45) is 0 Å². The third kappa shape index (κ3) is 2.85. The highest BCUT2D eigenvalue weighted by Crippen LogP contribution is 2.21. The van der Waals surface area contributed by atoms with E-state index in [-0.39, 0.29) is 28.1 Å². The van der Waals surface area contributed by atoms with Crippen LogP contribution in [0.4, 0.5) is 0 Å². The van der Waals surface area contributed by atoms with Gasteiger partial charge in [0, 0.05) is 6.42 Å². The maximum absolute atomic E-state index is 13.4. The van der Waals surface area contributed by atoms with E-state index in [2.05, 4.69) is 4.98 Å². The number of hydrogen-bond acceptors (Lipinski definition) is 4. The van der Waals surface area contributed by atoms with Crippen molar-refractivity contribution in [2.75, 3.05) is 0 Å². The van der Waals surface area contributed by atoms with E-state index in [4.69, 9.17) is 4.42 Å². The van der Waals surface area contributed by atoms with E-state index in [1.54, 1.807) is 28.8 Å². The minimum Gasteiger partial charge on any atom is -0.437 e. The molecule has 0 fully saturated rings. The molecule has 0 aliphatic heterocycles. The molecule has 2 aromatic carbocycles. The quantitative estimate of drug-likeness (QED) is 0.515. The third-order valence-electron chi connectivity index (χ3n) is 4.86. The fourth-order valence-corrected chi connectivity index (χ4v) is 3.49. The number of hydrogen-bond donors (Lipinski definition) is 0. The largest absolute Gasteiger partial charge is 0.437 e. The lowest BCUT2D eigenvalue weighted by Crippen LogP contribution is -2.31. The Balaban J connectivity index is 2.08. The first-order valence-electron chi connectivity index (χ1n) is 9.13. The van der Waals surface area contributed by atoms with Crippen LogP contribution in [0.3, 0.4) is 0 Å². The molecule has 0 saturated carbocycles. The first kappa shape index (κ1) is 17.2. The van der Waals surface area contributed by atoms with Crippen molar-refractivity contribution in [3.05, 3.63) is 86.6 Å². The predicted octanol–water partition coefficient (Wildman–Crippen LogP) is 4.06. The molecule has 4 aromatic rings. The average Bonchev–Trinajstić information content (AvgIpc) is 2.68. The minimum absolute atomic E-state index is 0.0105. The van der Waals surface area contributed by atoms with Gasteiger partial charge in [-0.1, -0.05) is 49.4 Å². The van der Waals surface area contributed by atoms with Gasteiger partial charge in [-0.2, -0.15) is 4.98 Å². The van der Waals surface area contributed by atoms with Crippen molar-refractivity contribution in [1.29, 1.82) is 0 Å². The van der Waals surface area contributed by atoms with E-state index in [1.807, 2.05) is 44.2 Å². The lowest BCUT2D eigenvalue weighted by atomic mass is 10.1. The summed E-state index contributed by atoms with van der Waals surface area (Å²) in [5.41, 5.74) is 0.867. The number of rotatable bonds is 4. The molecule has 5 heteroatoms. The standard InChI is InChI=1S/C22H20N2O3/c1-3-9-18-23-21-19(20(25)16-12-7-8-13-17(16)27-21)22(26)24(18)14(2)15-10-5-4-6-11-15/h4-8,10-14H,3,9H2,1-2H3. The van der Waals surface area contributed by atoms with Crippen molar-refractivity contribution < 1.29 is 4.42 Å². The van der Waals surface area contributed by atoms with Gasteiger partial charge in [0.1, 0.15) is 11.4 Å². The molecule has 0 aliphatic carbocycles. The van der Waals surface area contributed by atoms with Crippen LogP contribution in [-0.2, 0) is 6.42 Å². The maximum atomic E-state index is 13.4. The van der Waals surface area contributed by atoms with Gasteiger partial charge < -0.3 is 4.42 Å².